The van der Waals surface area contributed by atoms with E-state index in [9.17, 15) is 0 Å². The molecule has 21 heavy (non-hydrogen) atoms. The normalized spacial score (nSPS) is 11.0. The van der Waals surface area contributed by atoms with Crippen LogP contribution in [0.5, 0.6) is 0 Å². The van der Waals surface area contributed by atoms with Crippen LogP contribution >= 0.6 is 11.6 Å². The second-order valence-electron chi connectivity index (χ2n) is 4.81. The smallest absolute Gasteiger partial charge is 0.152 e. The molecule has 0 spiro atoms. The number of nitrogen functional groups attached to an aromatic ring is 1. The van der Waals surface area contributed by atoms with Gasteiger partial charge in [0.1, 0.15) is 0 Å². The zero-order valence-corrected chi connectivity index (χ0v) is 12.6. The van der Waals surface area contributed by atoms with Crippen molar-refractivity contribution in [1.29, 1.82) is 0 Å². The van der Waals surface area contributed by atoms with Crippen molar-refractivity contribution in [3.63, 3.8) is 0 Å². The van der Waals surface area contributed by atoms with E-state index in [1.165, 1.54) is 0 Å². The van der Waals surface area contributed by atoms with E-state index in [0.717, 1.165) is 34.5 Å². The molecule has 0 radical (unpaired) electrons. The largest absolute Gasteiger partial charge is 0.394 e. The molecule has 0 amide bonds. The Hall–Kier alpha value is -2.27. The minimum absolute atomic E-state index is 0.666. The van der Waals surface area contributed by atoms with Crippen LogP contribution in [0.3, 0.4) is 0 Å². The molecule has 3 aromatic rings. The maximum absolute atomic E-state index is 6.21. The van der Waals surface area contributed by atoms with Gasteiger partial charge in [-0.15, -0.1) is 0 Å². The first-order valence-electron chi connectivity index (χ1n) is 6.73. The maximum atomic E-state index is 6.21. The summed E-state index contributed by atoms with van der Waals surface area (Å²) in [6, 6.07) is 7.56. The molecule has 3 rings (SSSR count). The third kappa shape index (κ3) is 2.29. The Morgan fingerprint density at radius 1 is 1.33 bits per heavy atom. The molecule has 0 fully saturated rings. The summed E-state index contributed by atoms with van der Waals surface area (Å²) in [7, 11) is 1.86. The molecule has 0 bridgehead atoms. The standard InChI is InChI=1S/C15H16ClN5/c1-3-11-13(17)15(21(2)20-11)19-12-7-6-10(16)9-5-4-8-18-14(9)12/h4-8,19H,3,17H2,1-2H3. The van der Waals surface area contributed by atoms with Gasteiger partial charge in [-0.2, -0.15) is 5.10 Å². The van der Waals surface area contributed by atoms with E-state index in [1.54, 1.807) is 10.9 Å². The van der Waals surface area contributed by atoms with E-state index >= 15 is 0 Å². The summed E-state index contributed by atoms with van der Waals surface area (Å²) >= 11 is 6.21. The van der Waals surface area contributed by atoms with Gasteiger partial charge < -0.3 is 11.1 Å². The molecule has 0 unspecified atom stereocenters. The molecule has 0 atom stereocenters. The lowest BCUT2D eigenvalue weighted by Crippen LogP contribution is -2.02. The molecule has 1 aromatic carbocycles. The average molecular weight is 302 g/mol. The van der Waals surface area contributed by atoms with Crippen LogP contribution in [0.25, 0.3) is 10.9 Å². The summed E-state index contributed by atoms with van der Waals surface area (Å²) in [4.78, 5) is 4.41. The van der Waals surface area contributed by atoms with Crippen molar-refractivity contribution in [2.75, 3.05) is 11.1 Å². The molecule has 108 valence electrons. The molecule has 2 aromatic heterocycles. The monoisotopic (exact) mass is 301 g/mol. The quantitative estimate of drug-likeness (QED) is 0.777. The van der Waals surface area contributed by atoms with Crippen LogP contribution < -0.4 is 11.1 Å². The molecule has 0 aliphatic carbocycles. The van der Waals surface area contributed by atoms with Crippen LogP contribution in [-0.4, -0.2) is 14.8 Å². The number of aryl methyl sites for hydroxylation is 2. The number of fused-ring (bicyclic) bond motifs is 1. The number of halogens is 1. The lowest BCUT2D eigenvalue weighted by molar-refractivity contribution is 0.753. The first kappa shape index (κ1) is 13.7. The number of nitrogens with zero attached hydrogens (tertiary/aromatic N) is 3. The Morgan fingerprint density at radius 2 is 2.14 bits per heavy atom. The first-order valence-corrected chi connectivity index (χ1v) is 7.11. The summed E-state index contributed by atoms with van der Waals surface area (Å²) < 4.78 is 1.75. The van der Waals surface area contributed by atoms with Gasteiger partial charge in [-0.25, -0.2) is 0 Å². The van der Waals surface area contributed by atoms with E-state index in [0.29, 0.717) is 10.7 Å². The van der Waals surface area contributed by atoms with Crippen molar-refractivity contribution < 1.29 is 0 Å². The number of nitrogens with one attached hydrogen (secondary N) is 1. The topological polar surface area (TPSA) is 68.8 Å². The van der Waals surface area contributed by atoms with Crippen molar-refractivity contribution in [1.82, 2.24) is 14.8 Å². The molecular formula is C15H16ClN5. The number of hydrogen-bond acceptors (Lipinski definition) is 4. The van der Waals surface area contributed by atoms with E-state index in [4.69, 9.17) is 17.3 Å². The van der Waals surface area contributed by atoms with Gasteiger partial charge in [-0.1, -0.05) is 18.5 Å². The molecule has 3 N–H and O–H groups in total. The van der Waals surface area contributed by atoms with Gasteiger partial charge in [-0.3, -0.25) is 9.67 Å². The van der Waals surface area contributed by atoms with Crippen molar-refractivity contribution in [3.8, 4) is 0 Å². The van der Waals surface area contributed by atoms with Crippen molar-refractivity contribution in [2.45, 2.75) is 13.3 Å². The maximum Gasteiger partial charge on any atom is 0.152 e. The SMILES string of the molecule is CCc1nn(C)c(Nc2ccc(Cl)c3cccnc23)c1N. The van der Waals surface area contributed by atoms with Crippen LogP contribution in [0.4, 0.5) is 17.2 Å². The predicted octanol–water partition coefficient (Wildman–Crippen LogP) is 3.51. The molecule has 2 heterocycles. The van der Waals surface area contributed by atoms with Crippen LogP contribution in [0.1, 0.15) is 12.6 Å². The second-order valence-corrected chi connectivity index (χ2v) is 5.21. The Morgan fingerprint density at radius 3 is 2.86 bits per heavy atom. The van der Waals surface area contributed by atoms with Gasteiger partial charge >= 0.3 is 0 Å². The minimum Gasteiger partial charge on any atom is -0.394 e. The molecule has 6 heteroatoms. The number of rotatable bonds is 3. The van der Waals surface area contributed by atoms with Gasteiger partial charge in [0.25, 0.3) is 0 Å². The number of hydrogen-bond donors (Lipinski definition) is 2. The van der Waals surface area contributed by atoms with Crippen LogP contribution in [-0.2, 0) is 13.5 Å². The zero-order chi connectivity index (χ0) is 15.0. The summed E-state index contributed by atoms with van der Waals surface area (Å²) in [5.41, 5.74) is 9.35. The minimum atomic E-state index is 0.666. The fourth-order valence-electron chi connectivity index (χ4n) is 2.37. The zero-order valence-electron chi connectivity index (χ0n) is 11.9. The van der Waals surface area contributed by atoms with Crippen molar-refractivity contribution >= 4 is 39.7 Å². The van der Waals surface area contributed by atoms with Crippen LogP contribution in [0.15, 0.2) is 30.5 Å². The third-order valence-electron chi connectivity index (χ3n) is 3.46. The Labute approximate surface area is 127 Å². The third-order valence-corrected chi connectivity index (χ3v) is 3.79. The number of pyridine rings is 1. The van der Waals surface area contributed by atoms with Gasteiger partial charge in [-0.05, 0) is 30.7 Å². The highest BCUT2D eigenvalue weighted by molar-refractivity contribution is 6.35. The molecule has 5 nitrogen and oxygen atoms in total. The van der Waals surface area contributed by atoms with E-state index in [1.807, 2.05) is 38.2 Å². The highest BCUT2D eigenvalue weighted by Gasteiger charge is 2.14. The summed E-state index contributed by atoms with van der Waals surface area (Å²) in [5, 5.41) is 9.30. The number of aromatic nitrogens is 3. The van der Waals surface area contributed by atoms with Crippen LogP contribution in [0.2, 0.25) is 5.02 Å². The highest BCUT2D eigenvalue weighted by Crippen LogP contribution is 2.32. The fourth-order valence-corrected chi connectivity index (χ4v) is 2.59. The highest BCUT2D eigenvalue weighted by atomic mass is 35.5. The molecule has 0 aliphatic rings. The van der Waals surface area contributed by atoms with Gasteiger partial charge in [0.2, 0.25) is 0 Å². The molecular weight excluding hydrogens is 286 g/mol. The summed E-state index contributed by atoms with van der Waals surface area (Å²) in [6.07, 6.45) is 2.54. The lowest BCUT2D eigenvalue weighted by Gasteiger charge is -2.11. The summed E-state index contributed by atoms with van der Waals surface area (Å²) in [5.74, 6) is 0.765. The molecule has 0 saturated heterocycles. The Balaban J connectivity index is 2.11. The number of nitrogens with two attached hydrogens (primary N) is 1. The van der Waals surface area contributed by atoms with Crippen LogP contribution in [0, 0.1) is 0 Å². The first-order chi connectivity index (χ1) is 10.1. The van der Waals surface area contributed by atoms with Crippen molar-refractivity contribution in [3.05, 3.63) is 41.2 Å². The lowest BCUT2D eigenvalue weighted by atomic mass is 10.2. The molecule has 0 aliphatic heterocycles. The number of anilines is 3. The predicted molar refractivity (Wildman–Crippen MR) is 87.0 cm³/mol. The second kappa shape index (κ2) is 5.26. The van der Waals surface area contributed by atoms with E-state index < -0.39 is 0 Å². The fraction of sp³-hybridized carbons (Fsp3) is 0.200. The van der Waals surface area contributed by atoms with Crippen molar-refractivity contribution in [2.24, 2.45) is 7.05 Å². The Bertz CT molecular complexity index is 809. The van der Waals surface area contributed by atoms with Gasteiger partial charge in [0.15, 0.2) is 5.82 Å². The average Bonchev–Trinajstić information content (AvgIpc) is 2.77. The summed E-state index contributed by atoms with van der Waals surface area (Å²) in [6.45, 7) is 2.03. The van der Waals surface area contributed by atoms with E-state index in [2.05, 4.69) is 15.4 Å². The van der Waals surface area contributed by atoms with Gasteiger partial charge in [0.05, 0.1) is 27.6 Å². The Kier molecular flexibility index (Phi) is 3.43. The molecule has 0 saturated carbocycles. The van der Waals surface area contributed by atoms with Gasteiger partial charge in [0, 0.05) is 18.6 Å². The van der Waals surface area contributed by atoms with E-state index in [-0.39, 0.29) is 0 Å². The number of benzene rings is 1.